The zero-order chi connectivity index (χ0) is 13.4. The third-order valence-electron chi connectivity index (χ3n) is 4.86. The molecule has 0 saturated heterocycles. The van der Waals surface area contributed by atoms with E-state index in [0.29, 0.717) is 0 Å². The number of nitrogens with one attached hydrogen (secondary N) is 1. The van der Waals surface area contributed by atoms with E-state index in [9.17, 15) is 0 Å². The van der Waals surface area contributed by atoms with Crippen LogP contribution < -0.4 is 5.32 Å². The van der Waals surface area contributed by atoms with Crippen LogP contribution in [0, 0.1) is 5.92 Å². The number of anilines is 1. The number of hydrogen-bond donors (Lipinski definition) is 1. The van der Waals surface area contributed by atoms with E-state index in [1.54, 1.807) is 0 Å². The Hall–Kier alpha value is -1.76. The Morgan fingerprint density at radius 3 is 2.60 bits per heavy atom. The first-order valence-electron chi connectivity index (χ1n) is 7.85. The molecular weight excluding hydrogens is 242 g/mol. The van der Waals surface area contributed by atoms with Crippen LogP contribution in [0.2, 0.25) is 0 Å². The molecule has 0 unspecified atom stereocenters. The smallest absolute Gasteiger partial charge is 0.0343 e. The zero-order valence-electron chi connectivity index (χ0n) is 11.9. The third kappa shape index (κ3) is 2.11. The van der Waals surface area contributed by atoms with E-state index in [1.165, 1.54) is 53.6 Å². The summed E-state index contributed by atoms with van der Waals surface area (Å²) in [5.41, 5.74) is 7.08. The summed E-state index contributed by atoms with van der Waals surface area (Å²) in [4.78, 5) is 0. The quantitative estimate of drug-likeness (QED) is 0.711. The van der Waals surface area contributed by atoms with Crippen LogP contribution in [-0.2, 0) is 6.42 Å². The SMILES string of the molecule is c1ccc2c(c1)Cc1cc(NCC3CCCC3)ccc1-2. The summed E-state index contributed by atoms with van der Waals surface area (Å²) in [6, 6.07) is 15.7. The number of fused-ring (bicyclic) bond motifs is 3. The summed E-state index contributed by atoms with van der Waals surface area (Å²) < 4.78 is 0. The molecule has 0 bridgehead atoms. The summed E-state index contributed by atoms with van der Waals surface area (Å²) in [6.07, 6.45) is 6.74. The summed E-state index contributed by atoms with van der Waals surface area (Å²) in [5.74, 6) is 0.889. The third-order valence-corrected chi connectivity index (χ3v) is 4.86. The van der Waals surface area contributed by atoms with Crippen molar-refractivity contribution in [1.29, 1.82) is 0 Å². The van der Waals surface area contributed by atoms with E-state index in [-0.39, 0.29) is 0 Å². The number of rotatable bonds is 3. The van der Waals surface area contributed by atoms with E-state index in [0.717, 1.165) is 18.9 Å². The van der Waals surface area contributed by atoms with Crippen LogP contribution in [0.5, 0.6) is 0 Å². The van der Waals surface area contributed by atoms with E-state index in [4.69, 9.17) is 0 Å². The lowest BCUT2D eigenvalue weighted by Crippen LogP contribution is -2.10. The van der Waals surface area contributed by atoms with Gasteiger partial charge in [0.2, 0.25) is 0 Å². The van der Waals surface area contributed by atoms with Gasteiger partial charge >= 0.3 is 0 Å². The Kier molecular flexibility index (Phi) is 2.99. The van der Waals surface area contributed by atoms with Crippen molar-refractivity contribution in [2.24, 2.45) is 5.92 Å². The molecule has 2 aromatic rings. The predicted molar refractivity (Wildman–Crippen MR) is 85.1 cm³/mol. The van der Waals surface area contributed by atoms with Gasteiger partial charge in [-0.15, -0.1) is 0 Å². The molecule has 2 aromatic carbocycles. The Labute approximate surface area is 121 Å². The molecular formula is C19H21N. The highest BCUT2D eigenvalue weighted by molar-refractivity contribution is 5.78. The lowest BCUT2D eigenvalue weighted by atomic mass is 10.0. The second kappa shape index (κ2) is 4.97. The van der Waals surface area contributed by atoms with Crippen molar-refractivity contribution in [1.82, 2.24) is 0 Å². The van der Waals surface area contributed by atoms with Crippen LogP contribution >= 0.6 is 0 Å². The monoisotopic (exact) mass is 263 g/mol. The van der Waals surface area contributed by atoms with Crippen LogP contribution in [0.3, 0.4) is 0 Å². The fraction of sp³-hybridized carbons (Fsp3) is 0.368. The first-order valence-corrected chi connectivity index (χ1v) is 7.85. The molecule has 0 amide bonds. The topological polar surface area (TPSA) is 12.0 Å². The Morgan fingerprint density at radius 2 is 1.70 bits per heavy atom. The lowest BCUT2D eigenvalue weighted by Gasteiger charge is -2.13. The van der Waals surface area contributed by atoms with Crippen molar-refractivity contribution in [3.05, 3.63) is 53.6 Å². The molecule has 2 aliphatic carbocycles. The standard InChI is InChI=1S/C19H21N/c1-2-6-14(5-1)13-20-17-9-10-19-16(12-17)11-15-7-3-4-8-18(15)19/h3-4,7-10,12,14,20H,1-2,5-6,11,13H2. The minimum Gasteiger partial charge on any atom is -0.385 e. The summed E-state index contributed by atoms with van der Waals surface area (Å²) in [7, 11) is 0. The van der Waals surface area contributed by atoms with Crippen molar-refractivity contribution in [2.75, 3.05) is 11.9 Å². The Morgan fingerprint density at radius 1 is 0.900 bits per heavy atom. The van der Waals surface area contributed by atoms with Crippen molar-refractivity contribution >= 4 is 5.69 Å². The molecule has 1 N–H and O–H groups in total. The zero-order valence-corrected chi connectivity index (χ0v) is 11.9. The van der Waals surface area contributed by atoms with E-state index < -0.39 is 0 Å². The van der Waals surface area contributed by atoms with Gasteiger partial charge in [-0.05, 0) is 59.6 Å². The summed E-state index contributed by atoms with van der Waals surface area (Å²) >= 11 is 0. The average Bonchev–Trinajstić information content (AvgIpc) is 3.12. The molecule has 2 aliphatic rings. The van der Waals surface area contributed by atoms with Gasteiger partial charge in [-0.3, -0.25) is 0 Å². The lowest BCUT2D eigenvalue weighted by molar-refractivity contribution is 0.580. The predicted octanol–water partition coefficient (Wildman–Crippen LogP) is 4.86. The van der Waals surface area contributed by atoms with E-state index >= 15 is 0 Å². The summed E-state index contributed by atoms with van der Waals surface area (Å²) in [6.45, 7) is 1.14. The van der Waals surface area contributed by atoms with Crippen LogP contribution in [0.25, 0.3) is 11.1 Å². The van der Waals surface area contributed by atoms with Gasteiger partial charge in [-0.1, -0.05) is 43.2 Å². The maximum atomic E-state index is 3.64. The molecule has 1 saturated carbocycles. The van der Waals surface area contributed by atoms with Gasteiger partial charge in [-0.2, -0.15) is 0 Å². The van der Waals surface area contributed by atoms with Crippen LogP contribution in [0.4, 0.5) is 5.69 Å². The fourth-order valence-corrected chi connectivity index (χ4v) is 3.73. The molecule has 1 heteroatoms. The van der Waals surface area contributed by atoms with Crippen molar-refractivity contribution in [3.63, 3.8) is 0 Å². The van der Waals surface area contributed by atoms with Gasteiger partial charge in [0.1, 0.15) is 0 Å². The Bertz CT molecular complexity index is 623. The fourth-order valence-electron chi connectivity index (χ4n) is 3.73. The van der Waals surface area contributed by atoms with Gasteiger partial charge in [0.05, 0.1) is 0 Å². The van der Waals surface area contributed by atoms with Crippen molar-refractivity contribution in [3.8, 4) is 11.1 Å². The van der Waals surface area contributed by atoms with Crippen molar-refractivity contribution in [2.45, 2.75) is 32.1 Å². The van der Waals surface area contributed by atoms with Crippen molar-refractivity contribution < 1.29 is 0 Å². The highest BCUT2D eigenvalue weighted by atomic mass is 14.9. The average molecular weight is 263 g/mol. The van der Waals surface area contributed by atoms with Gasteiger partial charge in [0.15, 0.2) is 0 Å². The molecule has 0 aromatic heterocycles. The first kappa shape index (κ1) is 12.0. The highest BCUT2D eigenvalue weighted by Gasteiger charge is 2.18. The highest BCUT2D eigenvalue weighted by Crippen LogP contribution is 2.37. The second-order valence-corrected chi connectivity index (χ2v) is 6.24. The first-order chi connectivity index (χ1) is 9.90. The maximum absolute atomic E-state index is 3.64. The second-order valence-electron chi connectivity index (χ2n) is 6.24. The van der Waals surface area contributed by atoms with Gasteiger partial charge < -0.3 is 5.32 Å². The molecule has 0 heterocycles. The minimum atomic E-state index is 0.889. The minimum absolute atomic E-state index is 0.889. The van der Waals surface area contributed by atoms with E-state index in [1.807, 2.05) is 0 Å². The van der Waals surface area contributed by atoms with Crippen LogP contribution in [-0.4, -0.2) is 6.54 Å². The molecule has 1 nitrogen and oxygen atoms in total. The molecule has 0 atom stereocenters. The van der Waals surface area contributed by atoms with Crippen LogP contribution in [0.1, 0.15) is 36.8 Å². The van der Waals surface area contributed by atoms with Gasteiger partial charge in [0.25, 0.3) is 0 Å². The molecule has 0 spiro atoms. The molecule has 1 fully saturated rings. The number of benzene rings is 2. The molecule has 20 heavy (non-hydrogen) atoms. The molecule has 4 rings (SSSR count). The molecule has 0 radical (unpaired) electrons. The molecule has 102 valence electrons. The normalized spacial score (nSPS) is 17.0. The maximum Gasteiger partial charge on any atom is 0.0343 e. The van der Waals surface area contributed by atoms with Crippen LogP contribution in [0.15, 0.2) is 42.5 Å². The van der Waals surface area contributed by atoms with Gasteiger partial charge in [-0.25, -0.2) is 0 Å². The van der Waals surface area contributed by atoms with E-state index in [2.05, 4.69) is 47.8 Å². The Balaban J connectivity index is 1.53. The molecule has 0 aliphatic heterocycles. The van der Waals surface area contributed by atoms with Gasteiger partial charge in [0, 0.05) is 12.2 Å². The largest absolute Gasteiger partial charge is 0.385 e. The number of hydrogen-bond acceptors (Lipinski definition) is 1. The summed E-state index contributed by atoms with van der Waals surface area (Å²) in [5, 5.41) is 3.64.